The molecule has 3 rings (SSSR count). The molecule has 6 heteroatoms. The molecule has 0 aliphatic rings. The third-order valence-electron chi connectivity index (χ3n) is 2.72. The second-order valence-corrected chi connectivity index (χ2v) is 4.20. The molecule has 0 spiro atoms. The summed E-state index contributed by atoms with van der Waals surface area (Å²) in [5.74, 6) is 0.988. The van der Waals surface area contributed by atoms with E-state index in [2.05, 4.69) is 20.4 Å². The number of benzene rings is 1. The van der Waals surface area contributed by atoms with Crippen LogP contribution < -0.4 is 5.32 Å². The maximum atomic E-state index is 13.1. The van der Waals surface area contributed by atoms with Gasteiger partial charge in [0.05, 0.1) is 12.4 Å². The second-order valence-electron chi connectivity index (χ2n) is 4.20. The number of halogens is 1. The Morgan fingerprint density at radius 3 is 2.95 bits per heavy atom. The average molecular weight is 269 g/mol. The SMILES string of the molecule is Fc1cccc(CNc2cncc(-n3cccn3)n2)c1. The van der Waals surface area contributed by atoms with Crippen molar-refractivity contribution in [1.29, 1.82) is 0 Å². The molecule has 0 saturated heterocycles. The van der Waals surface area contributed by atoms with E-state index in [0.717, 1.165) is 5.56 Å². The number of aromatic nitrogens is 4. The normalized spacial score (nSPS) is 10.4. The van der Waals surface area contributed by atoms with E-state index >= 15 is 0 Å². The van der Waals surface area contributed by atoms with Crippen LogP contribution in [-0.4, -0.2) is 19.7 Å². The van der Waals surface area contributed by atoms with Gasteiger partial charge in [0, 0.05) is 18.9 Å². The number of nitrogens with one attached hydrogen (secondary N) is 1. The fourth-order valence-electron chi connectivity index (χ4n) is 1.80. The van der Waals surface area contributed by atoms with Crippen LogP contribution in [0.25, 0.3) is 5.82 Å². The minimum Gasteiger partial charge on any atom is -0.365 e. The number of anilines is 1. The Morgan fingerprint density at radius 2 is 2.15 bits per heavy atom. The summed E-state index contributed by atoms with van der Waals surface area (Å²) in [6, 6.07) is 8.24. The molecule has 0 saturated carbocycles. The maximum Gasteiger partial charge on any atom is 0.173 e. The number of hydrogen-bond donors (Lipinski definition) is 1. The Labute approximate surface area is 115 Å². The van der Waals surface area contributed by atoms with Gasteiger partial charge >= 0.3 is 0 Å². The van der Waals surface area contributed by atoms with Gasteiger partial charge in [-0.1, -0.05) is 12.1 Å². The summed E-state index contributed by atoms with van der Waals surface area (Å²) in [5, 5.41) is 7.20. The topological polar surface area (TPSA) is 55.6 Å². The standard InChI is InChI=1S/C14H12FN5/c15-12-4-1-3-11(7-12)8-17-13-9-16-10-14(19-13)20-6-2-5-18-20/h1-7,9-10H,8H2,(H,17,19). The van der Waals surface area contributed by atoms with Crippen LogP contribution in [0.1, 0.15) is 5.56 Å². The molecular formula is C14H12FN5. The van der Waals surface area contributed by atoms with Crippen LogP contribution in [0.3, 0.4) is 0 Å². The molecule has 20 heavy (non-hydrogen) atoms. The molecule has 0 amide bonds. The molecule has 0 bridgehead atoms. The Kier molecular flexibility index (Phi) is 3.36. The van der Waals surface area contributed by atoms with Gasteiger partial charge in [-0.3, -0.25) is 4.98 Å². The van der Waals surface area contributed by atoms with Crippen molar-refractivity contribution < 1.29 is 4.39 Å². The zero-order valence-corrected chi connectivity index (χ0v) is 10.6. The van der Waals surface area contributed by atoms with Gasteiger partial charge in [-0.25, -0.2) is 14.1 Å². The smallest absolute Gasteiger partial charge is 0.173 e. The summed E-state index contributed by atoms with van der Waals surface area (Å²) in [7, 11) is 0. The first-order valence-corrected chi connectivity index (χ1v) is 6.12. The van der Waals surface area contributed by atoms with Crippen molar-refractivity contribution in [3.8, 4) is 5.82 Å². The fraction of sp³-hybridized carbons (Fsp3) is 0.0714. The Bertz CT molecular complexity index is 696. The highest BCUT2D eigenvalue weighted by atomic mass is 19.1. The Balaban J connectivity index is 1.73. The van der Waals surface area contributed by atoms with Crippen molar-refractivity contribution in [3.63, 3.8) is 0 Å². The fourth-order valence-corrected chi connectivity index (χ4v) is 1.80. The van der Waals surface area contributed by atoms with E-state index in [9.17, 15) is 4.39 Å². The van der Waals surface area contributed by atoms with Gasteiger partial charge in [0.15, 0.2) is 5.82 Å². The van der Waals surface area contributed by atoms with Gasteiger partial charge in [-0.05, 0) is 23.8 Å². The molecule has 0 atom stereocenters. The van der Waals surface area contributed by atoms with Gasteiger partial charge in [0.1, 0.15) is 11.6 Å². The van der Waals surface area contributed by atoms with E-state index < -0.39 is 0 Å². The molecule has 0 fully saturated rings. The summed E-state index contributed by atoms with van der Waals surface area (Å²) in [6.07, 6.45) is 6.71. The summed E-state index contributed by atoms with van der Waals surface area (Å²) in [4.78, 5) is 8.50. The monoisotopic (exact) mass is 269 g/mol. The molecule has 0 aliphatic heterocycles. The van der Waals surface area contributed by atoms with Crippen LogP contribution in [0.15, 0.2) is 55.1 Å². The van der Waals surface area contributed by atoms with Crippen LogP contribution in [0.2, 0.25) is 0 Å². The van der Waals surface area contributed by atoms with Crippen molar-refractivity contribution >= 4 is 5.82 Å². The highest BCUT2D eigenvalue weighted by Crippen LogP contribution is 2.09. The van der Waals surface area contributed by atoms with Gasteiger partial charge < -0.3 is 5.32 Å². The first-order valence-electron chi connectivity index (χ1n) is 6.12. The summed E-state index contributed by atoms with van der Waals surface area (Å²) >= 11 is 0. The first kappa shape index (κ1) is 12.3. The van der Waals surface area contributed by atoms with E-state index in [4.69, 9.17) is 0 Å². The van der Waals surface area contributed by atoms with E-state index in [-0.39, 0.29) is 5.82 Å². The third kappa shape index (κ3) is 2.80. The van der Waals surface area contributed by atoms with Crippen molar-refractivity contribution in [2.24, 2.45) is 0 Å². The lowest BCUT2D eigenvalue weighted by Crippen LogP contribution is -2.05. The highest BCUT2D eigenvalue weighted by molar-refractivity contribution is 5.36. The van der Waals surface area contributed by atoms with Crippen LogP contribution in [0.4, 0.5) is 10.2 Å². The number of rotatable bonds is 4. The Morgan fingerprint density at radius 1 is 1.20 bits per heavy atom. The molecule has 2 aromatic heterocycles. The van der Waals surface area contributed by atoms with Crippen molar-refractivity contribution in [1.82, 2.24) is 19.7 Å². The van der Waals surface area contributed by atoms with E-state index in [1.54, 1.807) is 35.5 Å². The molecule has 0 unspecified atom stereocenters. The van der Waals surface area contributed by atoms with Gasteiger partial charge in [-0.15, -0.1) is 0 Å². The van der Waals surface area contributed by atoms with Crippen LogP contribution in [-0.2, 0) is 6.54 Å². The van der Waals surface area contributed by atoms with Crippen molar-refractivity contribution in [2.45, 2.75) is 6.54 Å². The molecule has 2 heterocycles. The quantitative estimate of drug-likeness (QED) is 0.790. The predicted molar refractivity (Wildman–Crippen MR) is 72.9 cm³/mol. The number of hydrogen-bond acceptors (Lipinski definition) is 4. The second kappa shape index (κ2) is 5.48. The molecule has 1 aromatic carbocycles. The van der Waals surface area contributed by atoms with Gasteiger partial charge in [0.2, 0.25) is 0 Å². The van der Waals surface area contributed by atoms with Gasteiger partial charge in [-0.2, -0.15) is 5.10 Å². The molecule has 0 radical (unpaired) electrons. The minimum atomic E-state index is -0.249. The molecule has 3 aromatic rings. The average Bonchev–Trinajstić information content (AvgIpc) is 3.00. The van der Waals surface area contributed by atoms with Crippen LogP contribution >= 0.6 is 0 Å². The molecule has 0 aliphatic carbocycles. The van der Waals surface area contributed by atoms with Gasteiger partial charge in [0.25, 0.3) is 0 Å². The minimum absolute atomic E-state index is 0.249. The first-order chi connectivity index (χ1) is 9.81. The van der Waals surface area contributed by atoms with E-state index in [1.807, 2.05) is 12.1 Å². The molecule has 100 valence electrons. The molecule has 5 nitrogen and oxygen atoms in total. The zero-order chi connectivity index (χ0) is 13.8. The third-order valence-corrected chi connectivity index (χ3v) is 2.72. The molecule has 1 N–H and O–H groups in total. The van der Waals surface area contributed by atoms with Crippen molar-refractivity contribution in [3.05, 3.63) is 66.5 Å². The van der Waals surface area contributed by atoms with E-state index in [0.29, 0.717) is 18.2 Å². The largest absolute Gasteiger partial charge is 0.365 e. The highest BCUT2D eigenvalue weighted by Gasteiger charge is 2.01. The number of nitrogens with zero attached hydrogens (tertiary/aromatic N) is 4. The lowest BCUT2D eigenvalue weighted by molar-refractivity contribution is 0.626. The summed E-state index contributed by atoms with van der Waals surface area (Å²) < 4.78 is 14.7. The zero-order valence-electron chi connectivity index (χ0n) is 10.6. The van der Waals surface area contributed by atoms with Crippen LogP contribution in [0.5, 0.6) is 0 Å². The van der Waals surface area contributed by atoms with E-state index in [1.165, 1.54) is 12.1 Å². The van der Waals surface area contributed by atoms with Crippen molar-refractivity contribution in [2.75, 3.05) is 5.32 Å². The summed E-state index contributed by atoms with van der Waals surface area (Å²) in [6.45, 7) is 0.481. The predicted octanol–water partition coefficient (Wildman–Crippen LogP) is 2.41. The lowest BCUT2D eigenvalue weighted by Gasteiger charge is -2.07. The lowest BCUT2D eigenvalue weighted by atomic mass is 10.2. The van der Waals surface area contributed by atoms with Crippen LogP contribution in [0, 0.1) is 5.82 Å². The Hall–Kier alpha value is -2.76. The maximum absolute atomic E-state index is 13.1. The molecular weight excluding hydrogens is 257 g/mol. The summed E-state index contributed by atoms with van der Waals surface area (Å²) in [5.41, 5.74) is 0.844.